The number of hydrogen-bond donors (Lipinski definition) is 1. The number of pyridine rings is 1. The number of nitrogens with zero attached hydrogens (tertiary/aromatic N) is 2. The van der Waals surface area contributed by atoms with Crippen LogP contribution in [0.1, 0.15) is 37.6 Å². The van der Waals surface area contributed by atoms with E-state index in [1.54, 1.807) is 6.26 Å². The van der Waals surface area contributed by atoms with Gasteiger partial charge in [-0.3, -0.25) is 0 Å². The highest BCUT2D eigenvalue weighted by Gasteiger charge is 2.30. The molecule has 0 bridgehead atoms. The maximum absolute atomic E-state index is 5.49. The number of hydrogen-bond acceptors (Lipinski definition) is 4. The first-order chi connectivity index (χ1) is 10.4. The maximum atomic E-state index is 5.49. The van der Waals surface area contributed by atoms with Crippen molar-refractivity contribution in [2.24, 2.45) is 0 Å². The zero-order valence-corrected chi connectivity index (χ0v) is 12.6. The van der Waals surface area contributed by atoms with Gasteiger partial charge in [0.15, 0.2) is 0 Å². The van der Waals surface area contributed by atoms with Crippen LogP contribution < -0.4 is 10.2 Å². The van der Waals surface area contributed by atoms with Crippen LogP contribution in [-0.4, -0.2) is 17.6 Å². The van der Waals surface area contributed by atoms with E-state index >= 15 is 0 Å². The summed E-state index contributed by atoms with van der Waals surface area (Å²) in [5.41, 5.74) is 1.10. The molecule has 1 fully saturated rings. The van der Waals surface area contributed by atoms with E-state index in [2.05, 4.69) is 35.3 Å². The van der Waals surface area contributed by atoms with E-state index in [4.69, 9.17) is 9.40 Å². The smallest absolute Gasteiger partial charge is 0.129 e. The van der Waals surface area contributed by atoms with Gasteiger partial charge < -0.3 is 14.6 Å². The Balaban J connectivity index is 1.71. The topological polar surface area (TPSA) is 41.3 Å². The van der Waals surface area contributed by atoms with Crippen molar-refractivity contribution in [3.63, 3.8) is 0 Å². The Hall–Kier alpha value is -1.81. The monoisotopic (exact) mass is 285 g/mol. The van der Waals surface area contributed by atoms with Crippen molar-refractivity contribution >= 4 is 5.82 Å². The maximum Gasteiger partial charge on any atom is 0.129 e. The molecule has 0 atom stereocenters. The van der Waals surface area contributed by atoms with E-state index < -0.39 is 0 Å². The van der Waals surface area contributed by atoms with Crippen LogP contribution >= 0.6 is 0 Å². The Bertz CT molecular complexity index is 549. The lowest BCUT2D eigenvalue weighted by molar-refractivity contribution is 0.500. The molecule has 0 saturated heterocycles. The molecule has 21 heavy (non-hydrogen) atoms. The van der Waals surface area contributed by atoms with Crippen molar-refractivity contribution in [1.29, 1.82) is 0 Å². The van der Waals surface area contributed by atoms with E-state index in [0.29, 0.717) is 6.04 Å². The third kappa shape index (κ3) is 3.85. The van der Waals surface area contributed by atoms with Crippen LogP contribution in [0.4, 0.5) is 5.82 Å². The highest BCUT2D eigenvalue weighted by atomic mass is 16.3. The van der Waals surface area contributed by atoms with Crippen molar-refractivity contribution in [1.82, 2.24) is 10.3 Å². The Kier molecular flexibility index (Phi) is 4.55. The summed E-state index contributed by atoms with van der Waals surface area (Å²) in [5, 5.41) is 3.41. The Morgan fingerprint density at radius 1 is 1.29 bits per heavy atom. The average molecular weight is 285 g/mol. The zero-order valence-electron chi connectivity index (χ0n) is 12.6. The number of rotatable bonds is 8. The summed E-state index contributed by atoms with van der Waals surface area (Å²) in [5.74, 6) is 2.06. The first-order valence-corrected chi connectivity index (χ1v) is 7.82. The van der Waals surface area contributed by atoms with Gasteiger partial charge in [-0.1, -0.05) is 13.0 Å². The highest BCUT2D eigenvalue weighted by molar-refractivity contribution is 5.42. The second-order valence-corrected chi connectivity index (χ2v) is 5.60. The molecule has 2 aromatic heterocycles. The lowest BCUT2D eigenvalue weighted by atomic mass is 10.3. The average Bonchev–Trinajstić information content (AvgIpc) is 3.22. The lowest BCUT2D eigenvalue weighted by Gasteiger charge is -2.23. The van der Waals surface area contributed by atoms with Crippen LogP contribution in [-0.2, 0) is 13.1 Å². The van der Waals surface area contributed by atoms with E-state index in [1.807, 2.05) is 12.1 Å². The second-order valence-electron chi connectivity index (χ2n) is 5.60. The molecule has 1 saturated carbocycles. The molecule has 0 radical (unpaired) electrons. The number of furan rings is 1. The van der Waals surface area contributed by atoms with Gasteiger partial charge in [-0.15, -0.1) is 0 Å². The Morgan fingerprint density at radius 2 is 2.19 bits per heavy atom. The molecule has 1 N–H and O–H groups in total. The van der Waals surface area contributed by atoms with Crippen molar-refractivity contribution in [3.8, 4) is 0 Å². The van der Waals surface area contributed by atoms with Gasteiger partial charge >= 0.3 is 0 Å². The molecule has 4 heteroatoms. The molecule has 1 aliphatic carbocycles. The Labute approximate surface area is 126 Å². The molecule has 0 spiro atoms. The van der Waals surface area contributed by atoms with Crippen LogP contribution in [0.15, 0.2) is 41.0 Å². The van der Waals surface area contributed by atoms with Gasteiger partial charge in [0.1, 0.15) is 11.6 Å². The van der Waals surface area contributed by atoms with Gasteiger partial charge in [0.25, 0.3) is 0 Å². The van der Waals surface area contributed by atoms with Gasteiger partial charge in [-0.25, -0.2) is 4.98 Å². The van der Waals surface area contributed by atoms with E-state index in [0.717, 1.165) is 43.3 Å². The summed E-state index contributed by atoms with van der Waals surface area (Å²) < 4.78 is 5.49. The van der Waals surface area contributed by atoms with Crippen LogP contribution in [0.3, 0.4) is 0 Å². The van der Waals surface area contributed by atoms with Crippen LogP contribution in [0.25, 0.3) is 0 Å². The molecule has 112 valence electrons. The first-order valence-electron chi connectivity index (χ1n) is 7.82. The molecular weight excluding hydrogens is 262 g/mol. The highest BCUT2D eigenvalue weighted by Crippen LogP contribution is 2.32. The molecule has 0 aliphatic heterocycles. The number of nitrogens with one attached hydrogen (secondary N) is 1. The SMILES string of the molecule is CCCNCc1cccc(N(Cc2ccco2)C2CC2)n1. The number of anilines is 1. The van der Waals surface area contributed by atoms with E-state index in [1.165, 1.54) is 12.8 Å². The minimum absolute atomic E-state index is 0.612. The number of aromatic nitrogens is 1. The molecule has 4 nitrogen and oxygen atoms in total. The second kappa shape index (κ2) is 6.76. The quantitative estimate of drug-likeness (QED) is 0.755. The minimum atomic E-state index is 0.612. The van der Waals surface area contributed by atoms with Crippen LogP contribution in [0.5, 0.6) is 0 Å². The first kappa shape index (κ1) is 14.1. The predicted octanol–water partition coefficient (Wildman–Crippen LogP) is 3.34. The summed E-state index contributed by atoms with van der Waals surface area (Å²) in [6.07, 6.45) is 5.38. The molecular formula is C17H23N3O. The van der Waals surface area contributed by atoms with E-state index in [-0.39, 0.29) is 0 Å². The van der Waals surface area contributed by atoms with Crippen LogP contribution in [0, 0.1) is 0 Å². The predicted molar refractivity (Wildman–Crippen MR) is 84.1 cm³/mol. The summed E-state index contributed by atoms with van der Waals surface area (Å²) in [6, 6.07) is 10.9. The van der Waals surface area contributed by atoms with Crippen LogP contribution in [0.2, 0.25) is 0 Å². The summed E-state index contributed by atoms with van der Waals surface area (Å²) in [4.78, 5) is 7.17. The molecule has 0 aromatic carbocycles. The normalized spacial score (nSPS) is 14.3. The van der Waals surface area contributed by atoms with Gasteiger partial charge in [0.05, 0.1) is 18.5 Å². The Morgan fingerprint density at radius 3 is 2.90 bits per heavy atom. The van der Waals surface area contributed by atoms with Gasteiger partial charge in [-0.05, 0) is 50.1 Å². The zero-order chi connectivity index (χ0) is 14.5. The van der Waals surface area contributed by atoms with Crippen molar-refractivity contribution < 1.29 is 4.42 Å². The van der Waals surface area contributed by atoms with Gasteiger partial charge in [0.2, 0.25) is 0 Å². The fraction of sp³-hybridized carbons (Fsp3) is 0.471. The van der Waals surface area contributed by atoms with Crippen molar-refractivity contribution in [2.45, 2.75) is 45.3 Å². The third-order valence-corrected chi connectivity index (χ3v) is 3.71. The van der Waals surface area contributed by atoms with Gasteiger partial charge in [-0.2, -0.15) is 0 Å². The van der Waals surface area contributed by atoms with E-state index in [9.17, 15) is 0 Å². The molecule has 2 heterocycles. The lowest BCUT2D eigenvalue weighted by Crippen LogP contribution is -2.26. The van der Waals surface area contributed by atoms with Crippen molar-refractivity contribution in [3.05, 3.63) is 48.0 Å². The molecule has 3 rings (SSSR count). The minimum Gasteiger partial charge on any atom is -0.467 e. The van der Waals surface area contributed by atoms with Gasteiger partial charge in [0, 0.05) is 12.6 Å². The molecule has 2 aromatic rings. The molecule has 1 aliphatic rings. The molecule has 0 unspecified atom stereocenters. The fourth-order valence-electron chi connectivity index (χ4n) is 2.47. The summed E-state index contributed by atoms with van der Waals surface area (Å²) in [6.45, 7) is 4.84. The third-order valence-electron chi connectivity index (χ3n) is 3.71. The summed E-state index contributed by atoms with van der Waals surface area (Å²) in [7, 11) is 0. The standard InChI is InChI=1S/C17H23N3O/c1-2-10-18-12-14-5-3-7-17(19-14)20(15-8-9-15)13-16-6-4-11-21-16/h3-7,11,15,18H,2,8-10,12-13H2,1H3. The summed E-state index contributed by atoms with van der Waals surface area (Å²) >= 11 is 0. The largest absolute Gasteiger partial charge is 0.467 e. The fourth-order valence-corrected chi connectivity index (χ4v) is 2.47. The molecule has 0 amide bonds. The van der Waals surface area contributed by atoms with Crippen molar-refractivity contribution in [2.75, 3.05) is 11.4 Å².